The topological polar surface area (TPSA) is 131 Å². The van der Waals surface area contributed by atoms with E-state index in [1.165, 1.54) is 5.56 Å². The van der Waals surface area contributed by atoms with E-state index in [1.807, 2.05) is 63.2 Å². The third kappa shape index (κ3) is 5.44. The smallest absolute Gasteiger partial charge is 0.289 e. The molecule has 34 heavy (non-hydrogen) atoms. The van der Waals surface area contributed by atoms with E-state index in [9.17, 15) is 4.79 Å². The maximum absolute atomic E-state index is 13.1. The van der Waals surface area contributed by atoms with Crippen molar-refractivity contribution in [2.45, 2.75) is 64.6 Å². The molecule has 1 saturated carbocycles. The summed E-state index contributed by atoms with van der Waals surface area (Å²) in [5, 5.41) is 7.44. The van der Waals surface area contributed by atoms with Gasteiger partial charge in [0.1, 0.15) is 5.82 Å². The molecule has 1 amide bonds. The zero-order valence-corrected chi connectivity index (χ0v) is 20.0. The second-order valence-corrected chi connectivity index (χ2v) is 9.18. The van der Waals surface area contributed by atoms with E-state index in [0.29, 0.717) is 11.3 Å². The minimum Gasteiger partial charge on any atom is -0.370 e. The fourth-order valence-electron chi connectivity index (χ4n) is 4.45. The molecule has 6 N–H and O–H groups in total. The molecule has 0 saturated heterocycles. The number of aromatic nitrogens is 2. The molecule has 2 unspecified atom stereocenters. The predicted octanol–water partition coefficient (Wildman–Crippen LogP) is 3.73. The van der Waals surface area contributed by atoms with Crippen molar-refractivity contribution >= 4 is 28.6 Å². The van der Waals surface area contributed by atoms with Crippen molar-refractivity contribution in [1.29, 1.82) is 0 Å². The van der Waals surface area contributed by atoms with Crippen LogP contribution < -0.4 is 22.1 Å². The number of hydrogen-bond acceptors (Lipinski definition) is 5. The number of hydrogen-bond donors (Lipinski definition) is 4. The quantitative estimate of drug-likeness (QED) is 0.328. The Labute approximate surface area is 200 Å². The minimum absolute atomic E-state index is 0.0249. The van der Waals surface area contributed by atoms with Crippen molar-refractivity contribution in [1.82, 2.24) is 15.3 Å². The molecule has 8 nitrogen and oxygen atoms in total. The van der Waals surface area contributed by atoms with Gasteiger partial charge >= 0.3 is 0 Å². The molecule has 1 heterocycles. The van der Waals surface area contributed by atoms with E-state index < -0.39 is 0 Å². The lowest BCUT2D eigenvalue weighted by Gasteiger charge is -2.30. The van der Waals surface area contributed by atoms with Crippen LogP contribution in [0, 0.1) is 13.8 Å². The van der Waals surface area contributed by atoms with E-state index in [0.717, 1.165) is 42.2 Å². The Morgan fingerprint density at radius 3 is 2.47 bits per heavy atom. The highest BCUT2D eigenvalue weighted by molar-refractivity contribution is 5.96. The number of rotatable bonds is 6. The Bertz CT molecular complexity index is 1200. The first-order valence-electron chi connectivity index (χ1n) is 11.8. The molecule has 3 aromatic rings. The number of nitrogens with one attached hydrogen (secondary N) is 2. The number of amides is 1. The Kier molecular flexibility index (Phi) is 6.95. The fraction of sp³-hybridized carbons (Fsp3) is 0.385. The summed E-state index contributed by atoms with van der Waals surface area (Å²) in [6.45, 7) is 6.01. The van der Waals surface area contributed by atoms with E-state index in [4.69, 9.17) is 11.5 Å². The Morgan fingerprint density at radius 1 is 1.03 bits per heavy atom. The molecule has 4 rings (SSSR count). The van der Waals surface area contributed by atoms with Crippen molar-refractivity contribution in [2.75, 3.05) is 5.32 Å². The molecule has 2 aromatic carbocycles. The summed E-state index contributed by atoms with van der Waals surface area (Å²) in [6.07, 6.45) is 3.98. The number of benzene rings is 2. The minimum atomic E-state index is -0.317. The molecule has 1 aromatic heterocycles. The van der Waals surface area contributed by atoms with Crippen molar-refractivity contribution in [3.8, 4) is 0 Å². The third-order valence-electron chi connectivity index (χ3n) is 6.35. The van der Waals surface area contributed by atoms with Gasteiger partial charge in [-0.15, -0.1) is 0 Å². The van der Waals surface area contributed by atoms with Gasteiger partial charge in [0.05, 0.1) is 23.6 Å². The van der Waals surface area contributed by atoms with E-state index in [1.54, 1.807) is 0 Å². The van der Waals surface area contributed by atoms with Gasteiger partial charge in [0.15, 0.2) is 5.96 Å². The largest absolute Gasteiger partial charge is 0.370 e. The highest BCUT2D eigenvalue weighted by Gasteiger charge is 2.26. The molecular weight excluding hydrogens is 426 g/mol. The lowest BCUT2D eigenvalue weighted by atomic mass is 9.90. The maximum atomic E-state index is 13.1. The number of guanidine groups is 1. The van der Waals surface area contributed by atoms with Crippen LogP contribution in [0.4, 0.5) is 5.82 Å². The highest BCUT2D eigenvalue weighted by atomic mass is 16.2. The molecule has 1 fully saturated rings. The van der Waals surface area contributed by atoms with Gasteiger partial charge in [0, 0.05) is 5.39 Å². The first-order valence-corrected chi connectivity index (χ1v) is 11.8. The standard InChI is InChI=1S/C26H33N7O/c1-15-8-11-18(12-9-15)17(3)29-25(34)24-30-20-13-10-16(2)14-19(20)23(33-24)31-21-6-4-5-7-22(21)32-26(27)28/h8-14,17,21-22H,4-7H2,1-3H3,(H,29,34)(H4,27,28,32)(H,30,31,33)/t17-,21?,22?/m0/s1. The highest BCUT2D eigenvalue weighted by Crippen LogP contribution is 2.28. The van der Waals surface area contributed by atoms with Crippen molar-refractivity contribution in [2.24, 2.45) is 16.5 Å². The molecular formula is C26H33N7O. The molecule has 0 radical (unpaired) electrons. The average molecular weight is 460 g/mol. The van der Waals surface area contributed by atoms with E-state index in [2.05, 4.69) is 25.6 Å². The number of carbonyl (C=O) groups is 1. The molecule has 0 bridgehead atoms. The number of anilines is 1. The predicted molar refractivity (Wildman–Crippen MR) is 137 cm³/mol. The van der Waals surface area contributed by atoms with Crippen molar-refractivity contribution in [3.05, 3.63) is 65.0 Å². The SMILES string of the molecule is Cc1ccc([C@H](C)NC(=O)c2nc(NC3CCCCC3N=C(N)N)c3cc(C)ccc3n2)cc1. The summed E-state index contributed by atoms with van der Waals surface area (Å²) in [5.74, 6) is 0.534. The summed E-state index contributed by atoms with van der Waals surface area (Å²) < 4.78 is 0. The normalized spacial score (nSPS) is 18.8. The molecule has 8 heteroatoms. The first-order chi connectivity index (χ1) is 16.3. The molecule has 3 atom stereocenters. The van der Waals surface area contributed by atoms with E-state index in [-0.39, 0.29) is 35.8 Å². The summed E-state index contributed by atoms with van der Waals surface area (Å²) in [7, 11) is 0. The average Bonchev–Trinajstić information content (AvgIpc) is 2.80. The fourth-order valence-corrected chi connectivity index (χ4v) is 4.45. The lowest BCUT2D eigenvalue weighted by molar-refractivity contribution is 0.0930. The molecule has 0 spiro atoms. The van der Waals surface area contributed by atoms with Crippen LogP contribution in [0.15, 0.2) is 47.5 Å². The number of fused-ring (bicyclic) bond motifs is 1. The van der Waals surface area contributed by atoms with Gasteiger partial charge in [-0.2, -0.15) is 0 Å². The van der Waals surface area contributed by atoms with Crippen molar-refractivity contribution in [3.63, 3.8) is 0 Å². The Morgan fingerprint density at radius 2 is 1.74 bits per heavy atom. The lowest BCUT2D eigenvalue weighted by Crippen LogP contribution is -2.38. The summed E-state index contributed by atoms with van der Waals surface area (Å²) in [5.41, 5.74) is 15.4. The van der Waals surface area contributed by atoms with Crippen LogP contribution in [0.5, 0.6) is 0 Å². The third-order valence-corrected chi connectivity index (χ3v) is 6.35. The van der Waals surface area contributed by atoms with Gasteiger partial charge in [0.25, 0.3) is 5.91 Å². The second-order valence-electron chi connectivity index (χ2n) is 9.18. The van der Waals surface area contributed by atoms with Crippen LogP contribution >= 0.6 is 0 Å². The van der Waals surface area contributed by atoms with Gasteiger partial charge < -0.3 is 22.1 Å². The molecule has 178 valence electrons. The van der Waals surface area contributed by atoms with E-state index >= 15 is 0 Å². The van der Waals surface area contributed by atoms with Gasteiger partial charge in [-0.25, -0.2) is 15.0 Å². The monoisotopic (exact) mass is 459 g/mol. The van der Waals surface area contributed by atoms with Gasteiger partial charge in [-0.05, 0) is 51.3 Å². The molecule has 1 aliphatic rings. The van der Waals surface area contributed by atoms with Crippen molar-refractivity contribution < 1.29 is 4.79 Å². The molecule has 1 aliphatic carbocycles. The van der Waals surface area contributed by atoms with Crippen LogP contribution in [0.1, 0.15) is 66.0 Å². The number of aryl methyl sites for hydroxylation is 2. The maximum Gasteiger partial charge on any atom is 0.289 e. The van der Waals surface area contributed by atoms with Crippen LogP contribution in [-0.2, 0) is 0 Å². The van der Waals surface area contributed by atoms with Crippen LogP contribution in [0.3, 0.4) is 0 Å². The molecule has 0 aliphatic heterocycles. The summed E-state index contributed by atoms with van der Waals surface area (Å²) in [6, 6.07) is 13.9. The van der Waals surface area contributed by atoms with Crippen LogP contribution in [0.25, 0.3) is 10.9 Å². The number of aliphatic imine (C=N–C) groups is 1. The second kappa shape index (κ2) is 10.1. The Balaban J connectivity index is 1.64. The van der Waals surface area contributed by atoms with Crippen LogP contribution in [-0.4, -0.2) is 33.9 Å². The van der Waals surface area contributed by atoms with Gasteiger partial charge in [0.2, 0.25) is 5.82 Å². The van der Waals surface area contributed by atoms with Gasteiger partial charge in [-0.3, -0.25) is 4.79 Å². The number of nitrogens with two attached hydrogens (primary N) is 2. The summed E-state index contributed by atoms with van der Waals surface area (Å²) in [4.78, 5) is 26.8. The first kappa shape index (κ1) is 23.5. The Hall–Kier alpha value is -3.68. The zero-order chi connectivity index (χ0) is 24.2. The van der Waals surface area contributed by atoms with Gasteiger partial charge in [-0.1, -0.05) is 54.3 Å². The van der Waals surface area contributed by atoms with Crippen LogP contribution in [0.2, 0.25) is 0 Å². The number of carbonyl (C=O) groups excluding carboxylic acids is 1. The zero-order valence-electron chi connectivity index (χ0n) is 20.0. The summed E-state index contributed by atoms with van der Waals surface area (Å²) >= 11 is 0. The number of nitrogens with zero attached hydrogens (tertiary/aromatic N) is 3.